The molecule has 1 aliphatic rings. The number of hydrogen-bond donors (Lipinski definition) is 3. The molecule has 1 atom stereocenters. The summed E-state index contributed by atoms with van der Waals surface area (Å²) in [5.74, 6) is 0.908. The van der Waals surface area contributed by atoms with Crippen molar-refractivity contribution in [2.24, 2.45) is 0 Å². The van der Waals surface area contributed by atoms with E-state index in [2.05, 4.69) is 36.9 Å². The van der Waals surface area contributed by atoms with Crippen LogP contribution in [0.1, 0.15) is 44.3 Å². The largest absolute Gasteiger partial charge is 0.444 e. The number of halogens is 1. The molecule has 2 heterocycles. The average molecular weight is 462 g/mol. The van der Waals surface area contributed by atoms with Crippen LogP contribution in [0.3, 0.4) is 0 Å². The Morgan fingerprint density at radius 2 is 2.14 bits per heavy atom. The highest BCUT2D eigenvalue weighted by Crippen LogP contribution is 2.33. The summed E-state index contributed by atoms with van der Waals surface area (Å²) < 4.78 is 6.19. The van der Waals surface area contributed by atoms with E-state index in [1.165, 1.54) is 0 Å². The van der Waals surface area contributed by atoms with Crippen molar-refractivity contribution in [1.29, 1.82) is 5.26 Å². The maximum absolute atomic E-state index is 12.0. The molecule has 1 fully saturated rings. The van der Waals surface area contributed by atoms with E-state index in [9.17, 15) is 9.59 Å². The molecule has 9 heteroatoms. The predicted molar refractivity (Wildman–Crippen MR) is 112 cm³/mol. The van der Waals surface area contributed by atoms with Crippen molar-refractivity contribution in [2.75, 3.05) is 12.4 Å². The third-order valence-corrected chi connectivity index (χ3v) is 6.07. The number of pyridine rings is 1. The fourth-order valence-electron chi connectivity index (χ4n) is 3.72. The number of furan rings is 1. The number of aldehydes is 1. The van der Waals surface area contributed by atoms with Gasteiger partial charge in [0.15, 0.2) is 5.58 Å². The van der Waals surface area contributed by atoms with Gasteiger partial charge in [-0.3, -0.25) is 4.79 Å². The highest BCUT2D eigenvalue weighted by atomic mass is 79.9. The number of anilines is 1. The topological polar surface area (TPSA) is 120 Å². The van der Waals surface area contributed by atoms with E-state index < -0.39 is 0 Å². The van der Waals surface area contributed by atoms with E-state index in [0.717, 1.165) is 47.6 Å². The fourth-order valence-corrected chi connectivity index (χ4v) is 4.24. The van der Waals surface area contributed by atoms with Gasteiger partial charge in [0.1, 0.15) is 18.2 Å². The van der Waals surface area contributed by atoms with Crippen LogP contribution in [0.4, 0.5) is 5.82 Å². The van der Waals surface area contributed by atoms with Crippen molar-refractivity contribution in [2.45, 2.75) is 56.7 Å². The zero-order valence-electron chi connectivity index (χ0n) is 16.2. The van der Waals surface area contributed by atoms with E-state index in [-0.39, 0.29) is 29.8 Å². The summed E-state index contributed by atoms with van der Waals surface area (Å²) in [6.07, 6.45) is 7.07. The van der Waals surface area contributed by atoms with E-state index in [1.54, 1.807) is 19.3 Å². The van der Waals surface area contributed by atoms with Gasteiger partial charge in [-0.05, 0) is 48.0 Å². The molecular weight excluding hydrogens is 438 g/mol. The predicted octanol–water partition coefficient (Wildman–Crippen LogP) is 2.87. The van der Waals surface area contributed by atoms with Gasteiger partial charge in [0, 0.05) is 37.0 Å². The zero-order valence-corrected chi connectivity index (χ0v) is 17.8. The SMILES string of the molecule is CNC(=O)C(CCC=O)NC1CCC(Nc2ncc3oc(C#N)cc3c2Br)CC1. The molecule has 0 aliphatic heterocycles. The van der Waals surface area contributed by atoms with Crippen LogP contribution < -0.4 is 16.0 Å². The molecule has 1 amide bonds. The summed E-state index contributed by atoms with van der Waals surface area (Å²) in [5.41, 5.74) is 0.572. The summed E-state index contributed by atoms with van der Waals surface area (Å²) in [6, 6.07) is 3.87. The molecule has 0 spiro atoms. The molecule has 1 saturated carbocycles. The molecular formula is C20H24BrN5O3. The summed E-state index contributed by atoms with van der Waals surface area (Å²) in [6.45, 7) is 0. The Balaban J connectivity index is 1.57. The van der Waals surface area contributed by atoms with Gasteiger partial charge in [0.05, 0.1) is 16.7 Å². The van der Waals surface area contributed by atoms with Crippen molar-refractivity contribution < 1.29 is 14.0 Å². The molecule has 2 aromatic rings. The summed E-state index contributed by atoms with van der Waals surface area (Å²) in [4.78, 5) is 27.1. The number of aromatic nitrogens is 1. The molecule has 2 aromatic heterocycles. The second-order valence-electron chi connectivity index (χ2n) is 7.19. The number of carbonyl (C=O) groups is 2. The van der Waals surface area contributed by atoms with Gasteiger partial charge in [0.2, 0.25) is 11.7 Å². The van der Waals surface area contributed by atoms with Crippen molar-refractivity contribution in [3.05, 3.63) is 22.5 Å². The van der Waals surface area contributed by atoms with Gasteiger partial charge in [0.25, 0.3) is 0 Å². The van der Waals surface area contributed by atoms with Gasteiger partial charge in [-0.1, -0.05) is 0 Å². The first kappa shape index (κ1) is 21.3. The van der Waals surface area contributed by atoms with Crippen molar-refractivity contribution in [3.8, 4) is 6.07 Å². The van der Waals surface area contributed by atoms with Crippen LogP contribution >= 0.6 is 15.9 Å². The van der Waals surface area contributed by atoms with Crippen LogP contribution in [0.2, 0.25) is 0 Å². The molecule has 3 rings (SSSR count). The molecule has 1 unspecified atom stereocenters. The number of likely N-dealkylation sites (N-methyl/N-ethyl adjacent to an activating group) is 1. The number of carbonyl (C=O) groups excluding carboxylic acids is 2. The number of fused-ring (bicyclic) bond motifs is 1. The molecule has 3 N–H and O–H groups in total. The molecule has 0 radical (unpaired) electrons. The van der Waals surface area contributed by atoms with Crippen LogP contribution in [-0.4, -0.2) is 42.4 Å². The summed E-state index contributed by atoms with van der Waals surface area (Å²) in [5, 5.41) is 19.4. The third kappa shape index (κ3) is 5.14. The van der Waals surface area contributed by atoms with E-state index in [0.29, 0.717) is 18.4 Å². The van der Waals surface area contributed by atoms with Crippen molar-refractivity contribution in [3.63, 3.8) is 0 Å². The number of nitrogens with zero attached hydrogens (tertiary/aromatic N) is 2. The average Bonchev–Trinajstić information content (AvgIpc) is 3.18. The Morgan fingerprint density at radius 3 is 2.79 bits per heavy atom. The Kier molecular flexibility index (Phi) is 7.23. The zero-order chi connectivity index (χ0) is 20.8. The smallest absolute Gasteiger partial charge is 0.236 e. The molecule has 8 nitrogen and oxygen atoms in total. The Morgan fingerprint density at radius 1 is 1.41 bits per heavy atom. The minimum absolute atomic E-state index is 0.0784. The van der Waals surface area contributed by atoms with Gasteiger partial charge < -0.3 is 25.2 Å². The molecule has 0 saturated heterocycles. The Hall–Kier alpha value is -2.44. The lowest BCUT2D eigenvalue weighted by atomic mass is 9.90. The number of rotatable bonds is 8. The Labute approximate surface area is 177 Å². The van der Waals surface area contributed by atoms with Gasteiger partial charge in [-0.25, -0.2) is 4.98 Å². The van der Waals surface area contributed by atoms with E-state index in [4.69, 9.17) is 9.68 Å². The van der Waals surface area contributed by atoms with Gasteiger partial charge in [-0.2, -0.15) is 5.26 Å². The molecule has 0 bridgehead atoms. The first-order valence-electron chi connectivity index (χ1n) is 9.71. The minimum Gasteiger partial charge on any atom is -0.444 e. The normalized spacial score (nSPS) is 20.0. The third-order valence-electron chi connectivity index (χ3n) is 5.27. The fraction of sp³-hybridized carbons (Fsp3) is 0.500. The standard InChI is InChI=1S/C20H24BrN5O3/c1-23-20(28)16(3-2-8-27)25-12-4-6-13(7-5-12)26-19-18(21)15-9-14(10-22)29-17(15)11-24-19/h8-9,11-13,16,25H,2-7H2,1H3,(H,23,28)(H,24,26). The molecule has 154 valence electrons. The highest BCUT2D eigenvalue weighted by molar-refractivity contribution is 9.10. The summed E-state index contributed by atoms with van der Waals surface area (Å²) >= 11 is 3.56. The van der Waals surface area contributed by atoms with Gasteiger partial charge >= 0.3 is 0 Å². The van der Waals surface area contributed by atoms with Crippen molar-refractivity contribution in [1.82, 2.24) is 15.6 Å². The Bertz CT molecular complexity index is 915. The van der Waals surface area contributed by atoms with E-state index in [1.807, 2.05) is 6.07 Å². The maximum atomic E-state index is 12.0. The van der Waals surface area contributed by atoms with Crippen molar-refractivity contribution >= 4 is 44.9 Å². The van der Waals surface area contributed by atoms with Crippen LogP contribution in [0.25, 0.3) is 11.0 Å². The van der Waals surface area contributed by atoms with E-state index >= 15 is 0 Å². The van der Waals surface area contributed by atoms with Crippen LogP contribution in [0.15, 0.2) is 21.2 Å². The van der Waals surface area contributed by atoms with Crippen LogP contribution in [0, 0.1) is 11.3 Å². The second-order valence-corrected chi connectivity index (χ2v) is 7.98. The molecule has 1 aliphatic carbocycles. The van der Waals surface area contributed by atoms with Crippen LogP contribution in [-0.2, 0) is 9.59 Å². The van der Waals surface area contributed by atoms with Gasteiger partial charge in [-0.15, -0.1) is 0 Å². The lowest BCUT2D eigenvalue weighted by Crippen LogP contribution is -2.49. The second kappa shape index (κ2) is 9.85. The van der Waals surface area contributed by atoms with Crippen LogP contribution in [0.5, 0.6) is 0 Å². The lowest BCUT2D eigenvalue weighted by Gasteiger charge is -2.32. The minimum atomic E-state index is -0.339. The molecule has 29 heavy (non-hydrogen) atoms. The molecule has 0 aromatic carbocycles. The maximum Gasteiger partial charge on any atom is 0.236 e. The number of amides is 1. The summed E-state index contributed by atoms with van der Waals surface area (Å²) in [7, 11) is 1.61. The first-order chi connectivity index (χ1) is 14.0. The number of hydrogen-bond acceptors (Lipinski definition) is 7. The quantitative estimate of drug-likeness (QED) is 0.516. The number of nitrogens with one attached hydrogen (secondary N) is 3. The monoisotopic (exact) mass is 461 g/mol. The highest BCUT2D eigenvalue weighted by Gasteiger charge is 2.26. The number of nitriles is 1. The first-order valence-corrected chi connectivity index (χ1v) is 10.5. The lowest BCUT2D eigenvalue weighted by molar-refractivity contribution is -0.123.